The second-order valence-electron chi connectivity index (χ2n) is 5.06. The van der Waals surface area contributed by atoms with E-state index < -0.39 is 5.97 Å². The summed E-state index contributed by atoms with van der Waals surface area (Å²) in [7, 11) is 1.68. The fourth-order valence-electron chi connectivity index (χ4n) is 2.45. The minimum Gasteiger partial charge on any atom is -0.476 e. The summed E-state index contributed by atoms with van der Waals surface area (Å²) in [6, 6.07) is 5.71. The SMILES string of the molecule is CO[C@H]1C[C@@H](Nc2c(C(=O)O)nnc3ccc(Br)cc23)C1. The number of methoxy groups -OCH3 is 1. The highest BCUT2D eigenvalue weighted by Crippen LogP contribution is 2.32. The fourth-order valence-corrected chi connectivity index (χ4v) is 2.81. The van der Waals surface area contributed by atoms with Crippen LogP contribution in [0.25, 0.3) is 10.9 Å². The summed E-state index contributed by atoms with van der Waals surface area (Å²) in [6.07, 6.45) is 1.95. The molecule has 0 saturated heterocycles. The molecule has 1 saturated carbocycles. The Morgan fingerprint density at radius 3 is 2.86 bits per heavy atom. The number of fused-ring (bicyclic) bond motifs is 1. The number of anilines is 1. The molecule has 1 heterocycles. The zero-order chi connectivity index (χ0) is 15.0. The fraction of sp³-hybridized carbons (Fsp3) is 0.357. The van der Waals surface area contributed by atoms with Crippen molar-refractivity contribution < 1.29 is 14.6 Å². The Morgan fingerprint density at radius 1 is 1.43 bits per heavy atom. The third-order valence-corrected chi connectivity index (χ3v) is 4.19. The third-order valence-electron chi connectivity index (χ3n) is 3.70. The number of hydrogen-bond donors (Lipinski definition) is 2. The number of halogens is 1. The van der Waals surface area contributed by atoms with E-state index in [0.717, 1.165) is 22.7 Å². The lowest BCUT2D eigenvalue weighted by Gasteiger charge is -2.35. The topological polar surface area (TPSA) is 84.3 Å². The number of carbonyl (C=O) groups is 1. The number of carboxylic acid groups (broad SMARTS) is 1. The molecule has 21 heavy (non-hydrogen) atoms. The van der Waals surface area contributed by atoms with Crippen LogP contribution in [0, 0.1) is 0 Å². The van der Waals surface area contributed by atoms with Crippen LogP contribution in [0.2, 0.25) is 0 Å². The van der Waals surface area contributed by atoms with Gasteiger partial charge in [0.15, 0.2) is 5.69 Å². The smallest absolute Gasteiger partial charge is 0.358 e. The summed E-state index contributed by atoms with van der Waals surface area (Å²) in [5.74, 6) is -1.09. The number of hydrogen-bond acceptors (Lipinski definition) is 5. The lowest BCUT2D eigenvalue weighted by Crippen LogP contribution is -2.40. The maximum atomic E-state index is 11.4. The van der Waals surface area contributed by atoms with Gasteiger partial charge in [-0.3, -0.25) is 0 Å². The normalized spacial score (nSPS) is 21.0. The monoisotopic (exact) mass is 351 g/mol. The minimum atomic E-state index is -1.09. The molecule has 110 valence electrons. The first kappa shape index (κ1) is 14.2. The van der Waals surface area contributed by atoms with E-state index in [-0.39, 0.29) is 17.8 Å². The molecule has 3 rings (SSSR count). The van der Waals surface area contributed by atoms with Crippen LogP contribution in [-0.2, 0) is 4.74 Å². The van der Waals surface area contributed by atoms with Crippen molar-refractivity contribution in [3.8, 4) is 0 Å². The van der Waals surface area contributed by atoms with E-state index in [1.165, 1.54) is 0 Å². The van der Waals surface area contributed by atoms with E-state index in [0.29, 0.717) is 11.2 Å². The number of ether oxygens (including phenoxy) is 1. The van der Waals surface area contributed by atoms with E-state index in [4.69, 9.17) is 4.74 Å². The molecule has 0 unspecified atom stereocenters. The van der Waals surface area contributed by atoms with Crippen LogP contribution >= 0.6 is 15.9 Å². The first-order valence-electron chi connectivity index (χ1n) is 6.57. The van der Waals surface area contributed by atoms with Crippen molar-refractivity contribution in [2.24, 2.45) is 0 Å². The van der Waals surface area contributed by atoms with Gasteiger partial charge in [-0.15, -0.1) is 10.2 Å². The number of nitrogens with zero attached hydrogens (tertiary/aromatic N) is 2. The van der Waals surface area contributed by atoms with Crippen molar-refractivity contribution >= 4 is 38.5 Å². The molecule has 7 heteroatoms. The first-order valence-corrected chi connectivity index (χ1v) is 7.36. The Morgan fingerprint density at radius 2 is 2.19 bits per heavy atom. The maximum absolute atomic E-state index is 11.4. The van der Waals surface area contributed by atoms with Crippen molar-refractivity contribution in [1.82, 2.24) is 10.2 Å². The summed E-state index contributed by atoms with van der Waals surface area (Å²) in [4.78, 5) is 11.4. The molecule has 6 nitrogen and oxygen atoms in total. The Labute approximate surface area is 129 Å². The lowest BCUT2D eigenvalue weighted by atomic mass is 9.89. The second-order valence-corrected chi connectivity index (χ2v) is 5.98. The predicted octanol–water partition coefficient (Wildman–Crippen LogP) is 2.68. The molecular formula is C14H14BrN3O3. The van der Waals surface area contributed by atoms with E-state index in [2.05, 4.69) is 31.4 Å². The maximum Gasteiger partial charge on any atom is 0.358 e. The molecule has 0 radical (unpaired) electrons. The van der Waals surface area contributed by atoms with Gasteiger partial charge >= 0.3 is 5.97 Å². The summed E-state index contributed by atoms with van der Waals surface area (Å²) < 4.78 is 6.11. The number of benzene rings is 1. The van der Waals surface area contributed by atoms with Crippen molar-refractivity contribution in [2.45, 2.75) is 25.0 Å². The molecule has 0 amide bonds. The van der Waals surface area contributed by atoms with Gasteiger partial charge in [0.2, 0.25) is 0 Å². The summed E-state index contributed by atoms with van der Waals surface area (Å²) in [5, 5.41) is 21.1. The molecule has 0 atom stereocenters. The van der Waals surface area contributed by atoms with Gasteiger partial charge < -0.3 is 15.2 Å². The van der Waals surface area contributed by atoms with Crippen molar-refractivity contribution in [3.63, 3.8) is 0 Å². The minimum absolute atomic E-state index is 0.0542. The Balaban J connectivity index is 2.02. The Kier molecular flexibility index (Phi) is 3.77. The van der Waals surface area contributed by atoms with Gasteiger partial charge in [0, 0.05) is 23.0 Å². The Hall–Kier alpha value is -1.73. The quantitative estimate of drug-likeness (QED) is 0.880. The van der Waals surface area contributed by atoms with Crippen LogP contribution in [0.5, 0.6) is 0 Å². The molecule has 1 aromatic heterocycles. The number of rotatable bonds is 4. The first-order chi connectivity index (χ1) is 10.1. The predicted molar refractivity (Wildman–Crippen MR) is 81.6 cm³/mol. The molecular weight excluding hydrogens is 338 g/mol. The number of carboxylic acids is 1. The van der Waals surface area contributed by atoms with Gasteiger partial charge in [0.1, 0.15) is 0 Å². The molecule has 1 aliphatic rings. The van der Waals surface area contributed by atoms with Gasteiger partial charge in [0.05, 0.1) is 17.3 Å². The van der Waals surface area contributed by atoms with Gasteiger partial charge in [-0.2, -0.15) is 0 Å². The van der Waals surface area contributed by atoms with Gasteiger partial charge in [-0.05, 0) is 31.0 Å². The molecule has 0 aliphatic heterocycles. The highest BCUT2D eigenvalue weighted by Gasteiger charge is 2.30. The lowest BCUT2D eigenvalue weighted by molar-refractivity contribution is 0.0328. The van der Waals surface area contributed by atoms with Crippen molar-refractivity contribution in [1.29, 1.82) is 0 Å². The van der Waals surface area contributed by atoms with E-state index >= 15 is 0 Å². The van der Waals surface area contributed by atoms with Crippen LogP contribution < -0.4 is 5.32 Å². The molecule has 2 aromatic rings. The average Bonchev–Trinajstić information content (AvgIpc) is 2.41. The van der Waals surface area contributed by atoms with Crippen LogP contribution in [0.4, 0.5) is 5.69 Å². The van der Waals surface area contributed by atoms with E-state index in [1.54, 1.807) is 7.11 Å². The molecule has 1 aromatic carbocycles. The molecule has 1 aliphatic carbocycles. The number of aromatic nitrogens is 2. The third kappa shape index (κ3) is 2.71. The highest BCUT2D eigenvalue weighted by molar-refractivity contribution is 9.10. The van der Waals surface area contributed by atoms with Crippen LogP contribution in [-0.4, -0.2) is 40.5 Å². The number of nitrogens with one attached hydrogen (secondary N) is 1. The van der Waals surface area contributed by atoms with Crippen LogP contribution in [0.1, 0.15) is 23.3 Å². The standard InChI is InChI=1S/C14H14BrN3O3/c1-21-9-5-8(6-9)16-12-10-4-7(15)2-3-11(10)17-18-13(12)14(19)20/h2-4,8-9H,5-6H2,1H3,(H,16,17)(H,19,20)/t8-,9+. The summed E-state index contributed by atoms with van der Waals surface area (Å²) in [5.41, 5.74) is 1.13. The van der Waals surface area contributed by atoms with E-state index in [9.17, 15) is 9.90 Å². The number of aromatic carboxylic acids is 1. The Bertz CT molecular complexity index is 701. The highest BCUT2D eigenvalue weighted by atomic mass is 79.9. The van der Waals surface area contributed by atoms with Gasteiger partial charge in [-0.1, -0.05) is 15.9 Å². The van der Waals surface area contributed by atoms with Gasteiger partial charge in [0.25, 0.3) is 0 Å². The van der Waals surface area contributed by atoms with Crippen molar-refractivity contribution in [3.05, 3.63) is 28.4 Å². The summed E-state index contributed by atoms with van der Waals surface area (Å²) in [6.45, 7) is 0. The zero-order valence-electron chi connectivity index (χ0n) is 11.3. The summed E-state index contributed by atoms with van der Waals surface area (Å²) >= 11 is 3.40. The van der Waals surface area contributed by atoms with Crippen LogP contribution in [0.15, 0.2) is 22.7 Å². The largest absolute Gasteiger partial charge is 0.476 e. The van der Waals surface area contributed by atoms with Crippen LogP contribution in [0.3, 0.4) is 0 Å². The average molecular weight is 352 g/mol. The molecule has 0 bridgehead atoms. The molecule has 0 spiro atoms. The van der Waals surface area contributed by atoms with Gasteiger partial charge in [-0.25, -0.2) is 4.79 Å². The zero-order valence-corrected chi connectivity index (χ0v) is 12.9. The second kappa shape index (κ2) is 5.57. The molecule has 2 N–H and O–H groups in total. The van der Waals surface area contributed by atoms with Crippen molar-refractivity contribution in [2.75, 3.05) is 12.4 Å². The molecule has 1 fully saturated rings. The van der Waals surface area contributed by atoms with E-state index in [1.807, 2.05) is 18.2 Å².